The lowest BCUT2D eigenvalue weighted by molar-refractivity contribution is -0.159. The number of likely N-dealkylation sites (tertiary alicyclic amines) is 1. The SMILES string of the molecule is CCOc1ccccc1N1CCN(C(=O)C2CCN(Cc3cc(OC)c(O)c(OC)c3)CC2)CC1.O=C(O)C(=O)O. The molecule has 12 nitrogen and oxygen atoms in total. The number of rotatable bonds is 8. The van der Waals surface area contributed by atoms with Gasteiger partial charge in [-0.05, 0) is 62.7 Å². The molecule has 0 bridgehead atoms. The number of para-hydroxylation sites is 2. The van der Waals surface area contributed by atoms with Gasteiger partial charge in [0.05, 0.1) is 26.5 Å². The highest BCUT2D eigenvalue weighted by Crippen LogP contribution is 2.37. The third-order valence-electron chi connectivity index (χ3n) is 7.16. The maximum Gasteiger partial charge on any atom is 0.414 e. The van der Waals surface area contributed by atoms with E-state index >= 15 is 0 Å². The van der Waals surface area contributed by atoms with Gasteiger partial charge in [0, 0.05) is 38.6 Å². The van der Waals surface area contributed by atoms with E-state index in [-0.39, 0.29) is 17.6 Å². The number of piperidine rings is 1. The van der Waals surface area contributed by atoms with Crippen molar-refractivity contribution in [1.29, 1.82) is 0 Å². The molecule has 0 radical (unpaired) electrons. The molecule has 2 aromatic carbocycles. The number of amides is 1. The number of carbonyl (C=O) groups is 3. The Hall–Kier alpha value is -4.19. The van der Waals surface area contributed by atoms with Gasteiger partial charge >= 0.3 is 11.9 Å². The third kappa shape index (κ3) is 8.40. The van der Waals surface area contributed by atoms with E-state index in [2.05, 4.69) is 15.9 Å². The van der Waals surface area contributed by atoms with Crippen LogP contribution in [0.3, 0.4) is 0 Å². The number of hydrogen-bond acceptors (Lipinski definition) is 9. The van der Waals surface area contributed by atoms with Crippen LogP contribution in [-0.2, 0) is 20.9 Å². The number of anilines is 1. The fraction of sp³-hybridized carbons (Fsp3) is 0.483. The lowest BCUT2D eigenvalue weighted by atomic mass is 9.94. The maximum atomic E-state index is 13.2. The molecule has 4 rings (SSSR count). The van der Waals surface area contributed by atoms with Gasteiger partial charge in [0.1, 0.15) is 5.75 Å². The van der Waals surface area contributed by atoms with Gasteiger partial charge < -0.3 is 39.3 Å². The summed E-state index contributed by atoms with van der Waals surface area (Å²) in [7, 11) is 3.07. The summed E-state index contributed by atoms with van der Waals surface area (Å²) in [6, 6.07) is 11.8. The number of benzene rings is 2. The molecule has 0 aliphatic carbocycles. The van der Waals surface area contributed by atoms with Crippen molar-refractivity contribution in [3.05, 3.63) is 42.0 Å². The van der Waals surface area contributed by atoms with E-state index in [0.717, 1.165) is 75.7 Å². The van der Waals surface area contributed by atoms with Crippen LogP contribution in [0.15, 0.2) is 36.4 Å². The quantitative estimate of drug-likeness (QED) is 0.400. The van der Waals surface area contributed by atoms with Gasteiger partial charge in [0.2, 0.25) is 11.7 Å². The molecule has 2 saturated heterocycles. The number of carbonyl (C=O) groups excluding carboxylic acids is 1. The summed E-state index contributed by atoms with van der Waals surface area (Å²) in [6.07, 6.45) is 1.72. The zero-order valence-corrected chi connectivity index (χ0v) is 23.7. The van der Waals surface area contributed by atoms with Crippen molar-refractivity contribution in [1.82, 2.24) is 9.80 Å². The van der Waals surface area contributed by atoms with Gasteiger partial charge in [0.25, 0.3) is 0 Å². The molecule has 3 N–H and O–H groups in total. The average Bonchev–Trinajstić information content (AvgIpc) is 2.99. The summed E-state index contributed by atoms with van der Waals surface area (Å²) in [6.45, 7) is 8.22. The van der Waals surface area contributed by atoms with Gasteiger partial charge in [-0.3, -0.25) is 9.69 Å². The molecule has 224 valence electrons. The number of hydrogen-bond donors (Lipinski definition) is 3. The van der Waals surface area contributed by atoms with Gasteiger partial charge in [0.15, 0.2) is 11.5 Å². The first-order valence-corrected chi connectivity index (χ1v) is 13.6. The third-order valence-corrected chi connectivity index (χ3v) is 7.16. The normalized spacial score (nSPS) is 15.9. The zero-order valence-electron chi connectivity index (χ0n) is 23.7. The molecule has 2 aliphatic heterocycles. The van der Waals surface area contributed by atoms with Crippen molar-refractivity contribution in [2.24, 2.45) is 5.92 Å². The minimum Gasteiger partial charge on any atom is -0.502 e. The van der Waals surface area contributed by atoms with Gasteiger partial charge in [-0.1, -0.05) is 12.1 Å². The fourth-order valence-electron chi connectivity index (χ4n) is 5.06. The lowest BCUT2D eigenvalue weighted by Gasteiger charge is -2.39. The summed E-state index contributed by atoms with van der Waals surface area (Å²) >= 11 is 0. The standard InChI is InChI=1S/C27H37N3O5.C2H2O4/c1-4-35-23-8-6-5-7-22(23)29-13-15-30(16-14-29)27(32)21-9-11-28(12-10-21)19-20-17-24(33-2)26(31)25(18-20)34-3;3-1(4)2(5)6/h5-8,17-18,21,31H,4,9-16,19H2,1-3H3;(H,3,4)(H,5,6). The van der Waals surface area contributed by atoms with Crippen molar-refractivity contribution in [3.63, 3.8) is 0 Å². The fourth-order valence-corrected chi connectivity index (χ4v) is 5.06. The molecule has 41 heavy (non-hydrogen) atoms. The van der Waals surface area contributed by atoms with Crippen LogP contribution in [0.1, 0.15) is 25.3 Å². The van der Waals surface area contributed by atoms with Crippen molar-refractivity contribution in [2.75, 3.05) is 65.0 Å². The van der Waals surface area contributed by atoms with Crippen molar-refractivity contribution < 1.29 is 43.9 Å². The average molecular weight is 574 g/mol. The highest BCUT2D eigenvalue weighted by atomic mass is 16.5. The van der Waals surface area contributed by atoms with E-state index in [1.165, 1.54) is 14.2 Å². The Labute approximate surface area is 239 Å². The minimum absolute atomic E-state index is 0.0181. The first-order chi connectivity index (χ1) is 19.7. The molecule has 2 heterocycles. The molecule has 12 heteroatoms. The molecular formula is C29H39N3O9. The van der Waals surface area contributed by atoms with Crippen LogP contribution >= 0.6 is 0 Å². The second-order valence-corrected chi connectivity index (χ2v) is 9.72. The zero-order chi connectivity index (χ0) is 29.9. The molecule has 0 saturated carbocycles. The number of carboxylic acid groups (broad SMARTS) is 2. The molecule has 2 fully saturated rings. The number of ether oxygens (including phenoxy) is 3. The Kier molecular flexibility index (Phi) is 11.5. The highest BCUT2D eigenvalue weighted by molar-refractivity contribution is 6.27. The molecule has 1 amide bonds. The maximum absolute atomic E-state index is 13.2. The number of nitrogens with zero attached hydrogens (tertiary/aromatic N) is 3. The summed E-state index contributed by atoms with van der Waals surface area (Å²) in [4.78, 5) is 38.1. The van der Waals surface area contributed by atoms with E-state index in [1.54, 1.807) is 0 Å². The number of aliphatic carboxylic acids is 2. The lowest BCUT2D eigenvalue weighted by Crippen LogP contribution is -2.51. The number of piperazine rings is 1. The van der Waals surface area contributed by atoms with E-state index in [1.807, 2.05) is 42.2 Å². The highest BCUT2D eigenvalue weighted by Gasteiger charge is 2.31. The van der Waals surface area contributed by atoms with Crippen LogP contribution in [0.5, 0.6) is 23.0 Å². The second kappa shape index (κ2) is 15.0. The summed E-state index contributed by atoms with van der Waals surface area (Å²) < 4.78 is 16.3. The molecule has 0 aromatic heterocycles. The van der Waals surface area contributed by atoms with Crippen LogP contribution in [0.4, 0.5) is 5.69 Å². The topological polar surface area (TPSA) is 149 Å². The van der Waals surface area contributed by atoms with Crippen molar-refractivity contribution >= 4 is 23.5 Å². The Bertz CT molecular complexity index is 1150. The molecular weight excluding hydrogens is 534 g/mol. The van der Waals surface area contributed by atoms with E-state index in [0.29, 0.717) is 18.1 Å². The molecule has 2 aromatic rings. The van der Waals surface area contributed by atoms with Gasteiger partial charge in [-0.2, -0.15) is 0 Å². The smallest absolute Gasteiger partial charge is 0.414 e. The first-order valence-electron chi connectivity index (χ1n) is 13.6. The van der Waals surface area contributed by atoms with Crippen molar-refractivity contribution in [2.45, 2.75) is 26.3 Å². The monoisotopic (exact) mass is 573 g/mol. The molecule has 0 spiro atoms. The molecule has 0 atom stereocenters. The number of phenols is 1. The van der Waals surface area contributed by atoms with E-state index in [4.69, 9.17) is 34.0 Å². The predicted molar refractivity (Wildman–Crippen MR) is 151 cm³/mol. The number of aromatic hydroxyl groups is 1. The van der Waals surface area contributed by atoms with Crippen molar-refractivity contribution in [3.8, 4) is 23.0 Å². The second-order valence-electron chi connectivity index (χ2n) is 9.72. The summed E-state index contributed by atoms with van der Waals surface area (Å²) in [5.74, 6) is -1.53. The van der Waals surface area contributed by atoms with Crippen LogP contribution in [-0.4, -0.2) is 103 Å². The van der Waals surface area contributed by atoms with Crippen LogP contribution < -0.4 is 19.1 Å². The van der Waals surface area contributed by atoms with Crippen LogP contribution in [0, 0.1) is 5.92 Å². The molecule has 0 unspecified atom stereocenters. The number of methoxy groups -OCH3 is 2. The Morgan fingerprint density at radius 3 is 1.93 bits per heavy atom. The van der Waals surface area contributed by atoms with Crippen LogP contribution in [0.25, 0.3) is 0 Å². The Morgan fingerprint density at radius 2 is 1.41 bits per heavy atom. The predicted octanol–water partition coefficient (Wildman–Crippen LogP) is 2.52. The number of phenolic OH excluding ortho intramolecular Hbond substituents is 1. The largest absolute Gasteiger partial charge is 0.502 e. The Morgan fingerprint density at radius 1 is 0.854 bits per heavy atom. The van der Waals surface area contributed by atoms with Crippen LogP contribution in [0.2, 0.25) is 0 Å². The summed E-state index contributed by atoms with van der Waals surface area (Å²) in [5.41, 5.74) is 2.13. The van der Waals surface area contributed by atoms with Gasteiger partial charge in [-0.25, -0.2) is 9.59 Å². The first kappa shape index (κ1) is 31.3. The van der Waals surface area contributed by atoms with E-state index < -0.39 is 11.9 Å². The Balaban J connectivity index is 0.000000696. The molecule has 2 aliphatic rings. The minimum atomic E-state index is -1.82. The summed E-state index contributed by atoms with van der Waals surface area (Å²) in [5, 5.41) is 24.9. The number of carboxylic acids is 2. The van der Waals surface area contributed by atoms with E-state index in [9.17, 15) is 9.90 Å². The van der Waals surface area contributed by atoms with Gasteiger partial charge in [-0.15, -0.1) is 0 Å².